The van der Waals surface area contributed by atoms with Crippen molar-refractivity contribution in [3.05, 3.63) is 35.9 Å². The van der Waals surface area contributed by atoms with Crippen molar-refractivity contribution in [3.63, 3.8) is 0 Å². The molecule has 1 aromatic carbocycles. The third-order valence-electron chi connectivity index (χ3n) is 5.09. The molecule has 0 spiro atoms. The molecular formula is C20H28N2O4. The summed E-state index contributed by atoms with van der Waals surface area (Å²) in [4.78, 5) is 36.7. The zero-order chi connectivity index (χ0) is 18.9. The molecule has 1 saturated heterocycles. The molecule has 1 aromatic rings. The van der Waals surface area contributed by atoms with Gasteiger partial charge in [-0.3, -0.25) is 9.59 Å². The van der Waals surface area contributed by atoms with Gasteiger partial charge in [-0.15, -0.1) is 0 Å². The largest absolute Gasteiger partial charge is 0.378 e. The van der Waals surface area contributed by atoms with E-state index in [1.165, 1.54) is 0 Å². The minimum atomic E-state index is -0.421. The smallest absolute Gasteiger partial charge is 0.225 e. The van der Waals surface area contributed by atoms with Gasteiger partial charge in [-0.1, -0.05) is 37.3 Å². The number of carbonyl (C=O) groups excluding carboxylic acids is 3. The number of benzene rings is 1. The van der Waals surface area contributed by atoms with Gasteiger partial charge in [-0.2, -0.15) is 0 Å². The van der Waals surface area contributed by atoms with E-state index in [4.69, 9.17) is 4.74 Å². The zero-order valence-corrected chi connectivity index (χ0v) is 15.5. The number of likely N-dealkylation sites (tertiary alicyclic amines) is 1. The Balaban J connectivity index is 2.01. The first-order valence-electron chi connectivity index (χ1n) is 9.12. The van der Waals surface area contributed by atoms with Gasteiger partial charge >= 0.3 is 0 Å². The number of carbonyl (C=O) groups is 3. The van der Waals surface area contributed by atoms with Crippen molar-refractivity contribution in [1.82, 2.24) is 10.2 Å². The van der Waals surface area contributed by atoms with E-state index in [9.17, 15) is 14.4 Å². The Morgan fingerprint density at radius 2 is 2.08 bits per heavy atom. The van der Waals surface area contributed by atoms with Gasteiger partial charge in [0.25, 0.3) is 0 Å². The number of nitrogens with zero attached hydrogens (tertiary/aromatic N) is 1. The number of ether oxygens (including phenoxy) is 1. The fourth-order valence-electron chi connectivity index (χ4n) is 3.68. The Hall–Kier alpha value is -2.21. The summed E-state index contributed by atoms with van der Waals surface area (Å²) in [5, 5.41) is 2.98. The van der Waals surface area contributed by atoms with E-state index in [1.54, 1.807) is 12.0 Å². The van der Waals surface area contributed by atoms with Crippen molar-refractivity contribution in [3.8, 4) is 0 Å². The number of hydrogen-bond donors (Lipinski definition) is 1. The summed E-state index contributed by atoms with van der Waals surface area (Å²) in [5.74, 6) is -0.576. The molecular weight excluding hydrogens is 332 g/mol. The molecule has 4 unspecified atom stereocenters. The quantitative estimate of drug-likeness (QED) is 0.643. The van der Waals surface area contributed by atoms with Crippen molar-refractivity contribution >= 4 is 18.6 Å². The molecule has 142 valence electrons. The maximum absolute atomic E-state index is 12.8. The lowest BCUT2D eigenvalue weighted by Gasteiger charge is -2.32. The Labute approximate surface area is 154 Å². The van der Waals surface area contributed by atoms with E-state index >= 15 is 0 Å². The lowest BCUT2D eigenvalue weighted by atomic mass is 9.94. The Morgan fingerprint density at radius 3 is 2.69 bits per heavy atom. The number of nitrogens with one attached hydrogen (secondary N) is 1. The molecule has 1 fully saturated rings. The van der Waals surface area contributed by atoms with Crippen LogP contribution in [-0.4, -0.2) is 55.3 Å². The second-order valence-electron chi connectivity index (χ2n) is 6.84. The van der Waals surface area contributed by atoms with E-state index in [0.717, 1.165) is 31.1 Å². The second-order valence-corrected chi connectivity index (χ2v) is 6.84. The maximum Gasteiger partial charge on any atom is 0.225 e. The number of methoxy groups -OCH3 is 1. The summed E-state index contributed by atoms with van der Waals surface area (Å²) in [6.45, 7) is 2.51. The monoisotopic (exact) mass is 360 g/mol. The zero-order valence-electron chi connectivity index (χ0n) is 15.5. The molecule has 6 nitrogen and oxygen atoms in total. The molecule has 0 aromatic heterocycles. The van der Waals surface area contributed by atoms with E-state index < -0.39 is 5.92 Å². The summed E-state index contributed by atoms with van der Waals surface area (Å²) in [6, 6.07) is 9.42. The molecule has 0 radical (unpaired) electrons. The van der Waals surface area contributed by atoms with Gasteiger partial charge < -0.3 is 19.7 Å². The van der Waals surface area contributed by atoms with Gasteiger partial charge in [0.05, 0.1) is 18.1 Å². The van der Waals surface area contributed by atoms with Gasteiger partial charge in [0.2, 0.25) is 12.3 Å². The predicted molar refractivity (Wildman–Crippen MR) is 98.5 cm³/mol. The first kappa shape index (κ1) is 20.1. The number of aldehydes is 1. The summed E-state index contributed by atoms with van der Waals surface area (Å²) in [6.07, 6.45) is 3.90. The van der Waals surface area contributed by atoms with Crippen LogP contribution in [0.4, 0.5) is 0 Å². The molecule has 4 atom stereocenters. The van der Waals surface area contributed by atoms with Gasteiger partial charge in [0, 0.05) is 26.1 Å². The van der Waals surface area contributed by atoms with Gasteiger partial charge in [-0.05, 0) is 24.8 Å². The van der Waals surface area contributed by atoms with Crippen LogP contribution >= 0.6 is 0 Å². The van der Waals surface area contributed by atoms with E-state index in [2.05, 4.69) is 5.32 Å². The molecule has 1 N–H and O–H groups in total. The average Bonchev–Trinajstić information content (AvgIpc) is 3.11. The van der Waals surface area contributed by atoms with Crippen LogP contribution in [0, 0.1) is 5.92 Å². The number of amides is 2. The van der Waals surface area contributed by atoms with E-state index in [0.29, 0.717) is 13.0 Å². The molecule has 0 aliphatic carbocycles. The molecule has 1 aliphatic heterocycles. The molecule has 0 bridgehead atoms. The molecule has 0 saturated carbocycles. The third-order valence-corrected chi connectivity index (χ3v) is 5.09. The van der Waals surface area contributed by atoms with Gasteiger partial charge in [-0.25, -0.2) is 0 Å². The lowest BCUT2D eigenvalue weighted by Crippen LogP contribution is -2.49. The fraction of sp³-hybridized carbons (Fsp3) is 0.550. The van der Waals surface area contributed by atoms with Crippen molar-refractivity contribution in [2.75, 3.05) is 13.7 Å². The van der Waals surface area contributed by atoms with Crippen LogP contribution in [0.5, 0.6) is 0 Å². The highest BCUT2D eigenvalue weighted by Gasteiger charge is 2.37. The molecule has 2 amide bonds. The highest BCUT2D eigenvalue weighted by atomic mass is 16.5. The van der Waals surface area contributed by atoms with Crippen molar-refractivity contribution in [2.45, 2.75) is 50.8 Å². The van der Waals surface area contributed by atoms with Gasteiger partial charge in [0.1, 0.15) is 6.29 Å². The van der Waals surface area contributed by atoms with Crippen LogP contribution < -0.4 is 5.32 Å². The van der Waals surface area contributed by atoms with Gasteiger partial charge in [0.15, 0.2) is 0 Å². The number of hydrogen-bond acceptors (Lipinski definition) is 4. The van der Waals surface area contributed by atoms with Crippen molar-refractivity contribution in [1.29, 1.82) is 0 Å². The normalized spacial score (nSPS) is 20.2. The maximum atomic E-state index is 12.8. The highest BCUT2D eigenvalue weighted by Crippen LogP contribution is 2.25. The van der Waals surface area contributed by atoms with Crippen LogP contribution in [-0.2, 0) is 25.5 Å². The van der Waals surface area contributed by atoms with E-state index in [1.807, 2.05) is 37.3 Å². The van der Waals surface area contributed by atoms with Crippen LogP contribution in [0.2, 0.25) is 0 Å². The summed E-state index contributed by atoms with van der Waals surface area (Å²) in [5.41, 5.74) is 1.07. The molecule has 1 aliphatic rings. The minimum Gasteiger partial charge on any atom is -0.378 e. The Bertz CT molecular complexity index is 593. The van der Waals surface area contributed by atoms with Crippen LogP contribution in [0.15, 0.2) is 30.3 Å². The summed E-state index contributed by atoms with van der Waals surface area (Å²) < 4.78 is 5.58. The number of rotatable bonds is 10. The summed E-state index contributed by atoms with van der Waals surface area (Å²) >= 11 is 0. The lowest BCUT2D eigenvalue weighted by molar-refractivity contribution is -0.134. The van der Waals surface area contributed by atoms with Crippen LogP contribution in [0.1, 0.15) is 31.7 Å². The second kappa shape index (κ2) is 10.1. The third kappa shape index (κ3) is 5.14. The average molecular weight is 360 g/mol. The topological polar surface area (TPSA) is 75.7 Å². The Morgan fingerprint density at radius 1 is 1.35 bits per heavy atom. The van der Waals surface area contributed by atoms with E-state index in [-0.39, 0.29) is 30.5 Å². The van der Waals surface area contributed by atoms with Crippen LogP contribution in [0.25, 0.3) is 0 Å². The minimum absolute atomic E-state index is 0.0862. The molecule has 6 heteroatoms. The summed E-state index contributed by atoms with van der Waals surface area (Å²) in [7, 11) is 1.57. The standard InChI is InChI=1S/C20H28N2O4/c1-15(19(26-2)18-9-6-11-22(18)14-24)20(25)21-17(10-12-23)13-16-7-4-3-5-8-16/h3-5,7-8,12,14-15,17-19H,6,9-11,13H2,1-2H3,(H,21,25). The first-order chi connectivity index (χ1) is 12.6. The SMILES string of the molecule is COC(C(C)C(=O)NC(CC=O)Cc1ccccc1)C1CCCN1C=O. The first-order valence-corrected chi connectivity index (χ1v) is 9.12. The fourth-order valence-corrected chi connectivity index (χ4v) is 3.68. The predicted octanol–water partition coefficient (Wildman–Crippen LogP) is 1.57. The van der Waals surface area contributed by atoms with Crippen LogP contribution in [0.3, 0.4) is 0 Å². The van der Waals surface area contributed by atoms with Crippen molar-refractivity contribution < 1.29 is 19.1 Å². The van der Waals surface area contributed by atoms with Crippen molar-refractivity contribution in [2.24, 2.45) is 5.92 Å². The molecule has 1 heterocycles. The Kier molecular flexibility index (Phi) is 7.78. The highest BCUT2D eigenvalue weighted by molar-refractivity contribution is 5.79. The molecule has 26 heavy (non-hydrogen) atoms. The molecule has 2 rings (SSSR count).